The van der Waals surface area contributed by atoms with Crippen LogP contribution in [0.1, 0.15) is 30.5 Å². The Morgan fingerprint density at radius 2 is 1.60 bits per heavy atom. The summed E-state index contributed by atoms with van der Waals surface area (Å²) in [7, 11) is -2.59. The molecule has 0 fully saturated rings. The number of methoxy groups -OCH3 is 1. The summed E-state index contributed by atoms with van der Waals surface area (Å²) in [5.74, 6) is -0.0550. The third kappa shape index (κ3) is 9.15. The van der Waals surface area contributed by atoms with Gasteiger partial charge in [-0.15, -0.1) is 0 Å². The summed E-state index contributed by atoms with van der Waals surface area (Å²) in [5.41, 5.74) is 0.994. The van der Waals surface area contributed by atoms with Gasteiger partial charge in [0.2, 0.25) is 15.8 Å². The summed E-state index contributed by atoms with van der Waals surface area (Å²) in [5, 5.41) is 14.4. The molecule has 13 heteroatoms. The van der Waals surface area contributed by atoms with Crippen LogP contribution < -0.4 is 20.4 Å². The second kappa shape index (κ2) is 16.3. The minimum Gasteiger partial charge on any atom is -0.497 e. The summed E-state index contributed by atoms with van der Waals surface area (Å²) >= 11 is 0. The molecule has 1 amide bonds. The number of sulfonamides is 1. The van der Waals surface area contributed by atoms with E-state index in [-0.39, 0.29) is 48.7 Å². The summed E-state index contributed by atoms with van der Waals surface area (Å²) in [4.78, 5) is 48.3. The van der Waals surface area contributed by atoms with Gasteiger partial charge in [-0.3, -0.25) is 0 Å². The average Bonchev–Trinajstić information content (AvgIpc) is 3.05. The number of hydrogen-bond donors (Lipinski definition) is 2. The SMILES string of the molecule is COc1ccc(S(=O)(=O)N(CC(C)C)C[C@@H](O)[C@H](Cc2ccccc2)NC(=O)Oc2cc3cc(CC=O)c(CC=O)cc3oc2=O)cc1. The fourth-order valence-corrected chi connectivity index (χ4v) is 6.83. The lowest BCUT2D eigenvalue weighted by Gasteiger charge is -2.30. The van der Waals surface area contributed by atoms with Crippen molar-refractivity contribution in [2.75, 3.05) is 20.2 Å². The van der Waals surface area contributed by atoms with Gasteiger partial charge in [0.25, 0.3) is 0 Å². The van der Waals surface area contributed by atoms with E-state index in [0.29, 0.717) is 34.8 Å². The smallest absolute Gasteiger partial charge is 0.413 e. The number of aliphatic hydroxyl groups is 1. The van der Waals surface area contributed by atoms with Gasteiger partial charge in [-0.05, 0) is 71.5 Å². The molecule has 0 aliphatic rings. The van der Waals surface area contributed by atoms with E-state index >= 15 is 0 Å². The van der Waals surface area contributed by atoms with Gasteiger partial charge in [0.15, 0.2) is 0 Å². The molecular weight excluding hydrogens is 640 g/mol. The Bertz CT molecular complexity index is 1890. The van der Waals surface area contributed by atoms with E-state index in [1.165, 1.54) is 47.8 Å². The normalized spacial score (nSPS) is 12.9. The second-order valence-electron chi connectivity index (χ2n) is 11.6. The molecule has 0 saturated carbocycles. The van der Waals surface area contributed by atoms with Gasteiger partial charge in [-0.1, -0.05) is 44.2 Å². The van der Waals surface area contributed by atoms with Crippen LogP contribution in [-0.4, -0.2) is 68.8 Å². The van der Waals surface area contributed by atoms with E-state index in [9.17, 15) is 32.7 Å². The van der Waals surface area contributed by atoms with Crippen LogP contribution in [0.2, 0.25) is 0 Å². The first kappa shape index (κ1) is 36.0. The predicted octanol–water partition coefficient (Wildman–Crippen LogP) is 3.69. The highest BCUT2D eigenvalue weighted by molar-refractivity contribution is 7.89. The van der Waals surface area contributed by atoms with E-state index in [2.05, 4.69) is 5.32 Å². The van der Waals surface area contributed by atoms with Crippen LogP contribution in [0, 0.1) is 5.92 Å². The maximum atomic E-state index is 13.7. The molecule has 1 aromatic heterocycles. The fraction of sp³-hybridized carbons (Fsp3) is 0.314. The lowest BCUT2D eigenvalue weighted by molar-refractivity contribution is -0.108. The van der Waals surface area contributed by atoms with Crippen molar-refractivity contribution in [2.24, 2.45) is 5.92 Å². The molecule has 0 unspecified atom stereocenters. The third-order valence-electron chi connectivity index (χ3n) is 7.55. The molecule has 0 spiro atoms. The number of hydrogen-bond acceptors (Lipinski definition) is 10. The maximum Gasteiger partial charge on any atom is 0.413 e. The number of benzene rings is 3. The minimum atomic E-state index is -4.06. The molecule has 2 N–H and O–H groups in total. The monoisotopic (exact) mass is 678 g/mol. The van der Waals surface area contributed by atoms with E-state index in [1.54, 1.807) is 30.3 Å². The molecule has 254 valence electrons. The number of carbonyl (C=O) groups excluding carboxylic acids is 3. The van der Waals surface area contributed by atoms with Gasteiger partial charge in [0.1, 0.15) is 23.9 Å². The second-order valence-corrected chi connectivity index (χ2v) is 13.5. The molecule has 12 nitrogen and oxygen atoms in total. The van der Waals surface area contributed by atoms with E-state index in [0.717, 1.165) is 5.56 Å². The van der Waals surface area contributed by atoms with Crippen molar-refractivity contribution in [1.82, 2.24) is 9.62 Å². The summed E-state index contributed by atoms with van der Waals surface area (Å²) in [6, 6.07) is 18.2. The average molecular weight is 679 g/mol. The van der Waals surface area contributed by atoms with Crippen molar-refractivity contribution < 1.29 is 41.8 Å². The standard InChI is InChI=1S/C35H38N2O10S/c1-23(2)21-37(48(43,44)29-11-9-28(45-3)10-12-29)22-31(40)30(17-24-7-5-4-6-8-24)36-35(42)47-33-20-27-18-25(13-15-38)26(14-16-39)19-32(27)46-34(33)41/h4-12,15-16,18-20,23,30-31,40H,13-14,17,21-22H2,1-3H3,(H,36,42)/t30-,31+/m0/s1. The highest BCUT2D eigenvalue weighted by Crippen LogP contribution is 2.24. The number of nitrogens with zero attached hydrogens (tertiary/aromatic N) is 1. The Hall–Kier alpha value is -4.85. The Morgan fingerprint density at radius 3 is 2.21 bits per heavy atom. The number of amides is 1. The molecule has 1 heterocycles. The van der Waals surface area contributed by atoms with Gasteiger partial charge < -0.3 is 33.9 Å². The maximum absolute atomic E-state index is 13.7. The summed E-state index contributed by atoms with van der Waals surface area (Å²) in [6.45, 7) is 3.43. The molecular formula is C35H38N2O10S. The highest BCUT2D eigenvalue weighted by atomic mass is 32.2. The molecule has 3 aromatic carbocycles. The number of rotatable bonds is 16. The Morgan fingerprint density at radius 1 is 0.958 bits per heavy atom. The lowest BCUT2D eigenvalue weighted by Crippen LogP contribution is -2.51. The summed E-state index contributed by atoms with van der Waals surface area (Å²) < 4.78 is 44.4. The van der Waals surface area contributed by atoms with Crippen molar-refractivity contribution >= 4 is 39.7 Å². The van der Waals surface area contributed by atoms with E-state index < -0.39 is 39.6 Å². The molecule has 0 aliphatic carbocycles. The molecule has 48 heavy (non-hydrogen) atoms. The minimum absolute atomic E-state index is 0.0146. The van der Waals surface area contributed by atoms with Gasteiger partial charge in [0.05, 0.1) is 24.2 Å². The quantitative estimate of drug-likeness (QED) is 0.132. The number of aldehydes is 2. The van der Waals surface area contributed by atoms with Crippen LogP contribution in [-0.2, 0) is 38.9 Å². The topological polar surface area (TPSA) is 170 Å². The Labute approximate surface area is 278 Å². The third-order valence-corrected chi connectivity index (χ3v) is 9.40. The van der Waals surface area contributed by atoms with Gasteiger partial charge in [-0.25, -0.2) is 18.0 Å². The molecule has 4 aromatic rings. The lowest BCUT2D eigenvalue weighted by atomic mass is 10.0. The number of aliphatic hydroxyl groups excluding tert-OH is 1. The zero-order chi connectivity index (χ0) is 34.8. The van der Waals surface area contributed by atoms with Crippen molar-refractivity contribution in [3.05, 3.63) is 99.9 Å². The van der Waals surface area contributed by atoms with Crippen molar-refractivity contribution in [2.45, 2.75) is 50.2 Å². The van der Waals surface area contributed by atoms with Crippen LogP contribution >= 0.6 is 0 Å². The molecule has 0 radical (unpaired) electrons. The van der Waals surface area contributed by atoms with Crippen LogP contribution in [0.5, 0.6) is 11.5 Å². The number of fused-ring (bicyclic) bond motifs is 1. The molecule has 4 rings (SSSR count). The molecule has 2 atom stereocenters. The van der Waals surface area contributed by atoms with Gasteiger partial charge in [0, 0.05) is 31.3 Å². The van der Waals surface area contributed by atoms with Crippen molar-refractivity contribution in [3.63, 3.8) is 0 Å². The Balaban J connectivity index is 1.60. The molecule has 0 bridgehead atoms. The first-order chi connectivity index (χ1) is 22.9. The van der Waals surface area contributed by atoms with Crippen LogP contribution in [0.15, 0.2) is 86.9 Å². The first-order valence-electron chi connectivity index (χ1n) is 15.3. The zero-order valence-corrected chi connectivity index (χ0v) is 27.6. The number of ether oxygens (including phenoxy) is 2. The first-order valence-corrected chi connectivity index (χ1v) is 16.7. The number of carbonyl (C=O) groups is 3. The Kier molecular flexibility index (Phi) is 12.2. The number of nitrogens with one attached hydrogen (secondary N) is 1. The van der Waals surface area contributed by atoms with E-state index in [4.69, 9.17) is 13.9 Å². The fourth-order valence-electron chi connectivity index (χ4n) is 5.21. The van der Waals surface area contributed by atoms with Crippen molar-refractivity contribution in [3.8, 4) is 11.5 Å². The summed E-state index contributed by atoms with van der Waals surface area (Å²) in [6.07, 6.45) is -0.981. The van der Waals surface area contributed by atoms with Crippen LogP contribution in [0.3, 0.4) is 0 Å². The van der Waals surface area contributed by atoms with Gasteiger partial charge >= 0.3 is 11.7 Å². The van der Waals surface area contributed by atoms with Crippen molar-refractivity contribution in [1.29, 1.82) is 0 Å². The van der Waals surface area contributed by atoms with Gasteiger partial charge in [-0.2, -0.15) is 4.31 Å². The molecule has 0 aliphatic heterocycles. The predicted molar refractivity (Wildman–Crippen MR) is 178 cm³/mol. The largest absolute Gasteiger partial charge is 0.497 e. The van der Waals surface area contributed by atoms with Crippen LogP contribution in [0.25, 0.3) is 11.0 Å². The van der Waals surface area contributed by atoms with E-state index in [1.807, 2.05) is 19.9 Å². The zero-order valence-electron chi connectivity index (χ0n) is 26.8. The van der Waals surface area contributed by atoms with Crippen LogP contribution in [0.4, 0.5) is 4.79 Å². The highest BCUT2D eigenvalue weighted by Gasteiger charge is 2.32. The molecule has 0 saturated heterocycles.